The first-order valence-electron chi connectivity index (χ1n) is 13.4. The van der Waals surface area contributed by atoms with Gasteiger partial charge in [-0.3, -0.25) is 9.59 Å². The molecule has 2 saturated carbocycles. The summed E-state index contributed by atoms with van der Waals surface area (Å²) in [4.78, 5) is 33.8. The number of imidazole rings is 1. The van der Waals surface area contributed by atoms with Crippen molar-refractivity contribution >= 4 is 38.8 Å². The molecular weight excluding hydrogens is 516 g/mol. The van der Waals surface area contributed by atoms with Gasteiger partial charge in [0.15, 0.2) is 0 Å². The zero-order chi connectivity index (χ0) is 24.9. The molecule has 2 amide bonds. The molecule has 1 heterocycles. The van der Waals surface area contributed by atoms with Gasteiger partial charge < -0.3 is 14.8 Å². The topological polar surface area (TPSA) is 67.2 Å². The van der Waals surface area contributed by atoms with Gasteiger partial charge in [0.05, 0.1) is 17.6 Å². The molecule has 2 aromatic carbocycles. The number of halogens is 1. The number of carbonyl (C=O) groups is 2. The van der Waals surface area contributed by atoms with E-state index in [2.05, 4.69) is 26.1 Å². The molecule has 3 aromatic rings. The number of amides is 2. The number of hydrogen-bond acceptors (Lipinski definition) is 3. The fourth-order valence-corrected chi connectivity index (χ4v) is 6.20. The molecule has 0 saturated heterocycles. The first-order valence-corrected chi connectivity index (χ1v) is 14.2. The number of hydrogen-bond donors (Lipinski definition) is 1. The Balaban J connectivity index is 1.38. The highest BCUT2D eigenvalue weighted by atomic mass is 79.9. The first kappa shape index (κ1) is 25.0. The van der Waals surface area contributed by atoms with Crippen LogP contribution in [0, 0.1) is 0 Å². The fourth-order valence-electron chi connectivity index (χ4n) is 5.94. The summed E-state index contributed by atoms with van der Waals surface area (Å²) in [5, 5.41) is 3.00. The average Bonchev–Trinajstić information content (AvgIpc) is 3.26. The molecular formula is C29H35BrN4O2. The molecule has 1 aromatic heterocycles. The van der Waals surface area contributed by atoms with Crippen LogP contribution in [-0.2, 0) is 17.9 Å². The highest BCUT2D eigenvalue weighted by molar-refractivity contribution is 9.10. The second-order valence-corrected chi connectivity index (χ2v) is 11.1. The number of fused-ring (bicyclic) bond motifs is 1. The summed E-state index contributed by atoms with van der Waals surface area (Å²) in [6, 6.07) is 15.9. The van der Waals surface area contributed by atoms with Crippen molar-refractivity contribution in [3.8, 4) is 0 Å². The lowest BCUT2D eigenvalue weighted by molar-refractivity contribution is -0.138. The van der Waals surface area contributed by atoms with Gasteiger partial charge in [0, 0.05) is 22.1 Å². The van der Waals surface area contributed by atoms with Crippen LogP contribution in [0.4, 0.5) is 0 Å². The van der Waals surface area contributed by atoms with Gasteiger partial charge in [-0.15, -0.1) is 0 Å². The maximum absolute atomic E-state index is 14.0. The molecule has 36 heavy (non-hydrogen) atoms. The van der Waals surface area contributed by atoms with Crippen molar-refractivity contribution in [1.29, 1.82) is 0 Å². The van der Waals surface area contributed by atoms with Crippen molar-refractivity contribution in [2.45, 2.75) is 89.4 Å². The van der Waals surface area contributed by atoms with Crippen LogP contribution in [0.1, 0.15) is 80.4 Å². The van der Waals surface area contributed by atoms with Gasteiger partial charge in [-0.1, -0.05) is 66.6 Å². The van der Waals surface area contributed by atoms with E-state index in [1.807, 2.05) is 41.0 Å². The number of aromatic nitrogens is 2. The monoisotopic (exact) mass is 550 g/mol. The highest BCUT2D eigenvalue weighted by Gasteiger charge is 2.33. The zero-order valence-electron chi connectivity index (χ0n) is 20.8. The Bertz CT molecular complexity index is 1180. The van der Waals surface area contributed by atoms with Gasteiger partial charge in [0.25, 0.3) is 5.91 Å². The van der Waals surface area contributed by atoms with Crippen molar-refractivity contribution in [3.05, 3.63) is 64.4 Å². The Labute approximate surface area is 221 Å². The summed E-state index contributed by atoms with van der Waals surface area (Å²) in [7, 11) is 0. The van der Waals surface area contributed by atoms with Crippen LogP contribution in [-0.4, -0.2) is 38.3 Å². The van der Waals surface area contributed by atoms with Crippen LogP contribution < -0.4 is 5.32 Å². The molecule has 0 bridgehead atoms. The predicted octanol–water partition coefficient (Wildman–Crippen LogP) is 6.22. The third-order valence-electron chi connectivity index (χ3n) is 7.76. The van der Waals surface area contributed by atoms with Gasteiger partial charge in [-0.2, -0.15) is 0 Å². The third kappa shape index (κ3) is 5.66. The van der Waals surface area contributed by atoms with Gasteiger partial charge in [-0.25, -0.2) is 4.98 Å². The smallest absolute Gasteiger partial charge is 0.251 e. The molecule has 0 unspecified atom stereocenters. The molecule has 0 aliphatic heterocycles. The van der Waals surface area contributed by atoms with Crippen molar-refractivity contribution in [3.63, 3.8) is 0 Å². The summed E-state index contributed by atoms with van der Waals surface area (Å²) in [6.07, 6.45) is 11.9. The van der Waals surface area contributed by atoms with Crippen molar-refractivity contribution in [2.75, 3.05) is 0 Å². The van der Waals surface area contributed by atoms with Crippen molar-refractivity contribution in [1.82, 2.24) is 19.8 Å². The Morgan fingerprint density at radius 1 is 0.889 bits per heavy atom. The molecule has 5 rings (SSSR count). The molecule has 0 radical (unpaired) electrons. The fraction of sp³-hybridized carbons (Fsp3) is 0.483. The van der Waals surface area contributed by atoms with E-state index < -0.39 is 0 Å². The second-order valence-electron chi connectivity index (χ2n) is 10.2. The number of nitrogens with one attached hydrogen (secondary N) is 1. The number of nitrogens with zero attached hydrogens (tertiary/aromatic N) is 3. The normalized spacial score (nSPS) is 17.2. The van der Waals surface area contributed by atoms with Crippen LogP contribution >= 0.6 is 15.9 Å². The van der Waals surface area contributed by atoms with E-state index in [4.69, 9.17) is 4.98 Å². The summed E-state index contributed by atoms with van der Waals surface area (Å²) >= 11 is 3.41. The number of carbonyl (C=O) groups excluding carboxylic acids is 2. The summed E-state index contributed by atoms with van der Waals surface area (Å²) in [5.41, 5.74) is 2.38. The maximum atomic E-state index is 14.0. The third-order valence-corrected chi connectivity index (χ3v) is 8.29. The lowest BCUT2D eigenvalue weighted by Crippen LogP contribution is -2.50. The van der Waals surface area contributed by atoms with Gasteiger partial charge in [-0.05, 0) is 62.1 Å². The van der Waals surface area contributed by atoms with E-state index in [9.17, 15) is 9.59 Å². The average molecular weight is 552 g/mol. The highest BCUT2D eigenvalue weighted by Crippen LogP contribution is 2.31. The minimum atomic E-state index is -0.154. The van der Waals surface area contributed by atoms with Crippen LogP contribution in [0.15, 0.2) is 53.0 Å². The largest absolute Gasteiger partial charge is 0.345 e. The molecule has 7 heteroatoms. The molecule has 2 aliphatic rings. The molecule has 6 nitrogen and oxygen atoms in total. The van der Waals surface area contributed by atoms with Gasteiger partial charge >= 0.3 is 0 Å². The number of benzene rings is 2. The number of para-hydroxylation sites is 2. The minimum Gasteiger partial charge on any atom is -0.345 e. The number of rotatable bonds is 7. The SMILES string of the molecule is O=C(NCc1nc2ccccc2n1CC(=O)N(C1CCCCC1)C1CCCCC1)c1ccc(Br)cc1. The van der Waals surface area contributed by atoms with Crippen molar-refractivity contribution < 1.29 is 9.59 Å². The van der Waals surface area contributed by atoms with E-state index >= 15 is 0 Å². The molecule has 0 atom stereocenters. The van der Waals surface area contributed by atoms with Crippen LogP contribution in [0.2, 0.25) is 0 Å². The standard InChI is InChI=1S/C29H35BrN4O2/c30-22-17-15-21(16-18-22)29(36)31-19-27-32-25-13-7-8-14-26(25)33(27)20-28(35)34(23-9-3-1-4-10-23)24-11-5-2-6-12-24/h7-8,13-18,23-24H,1-6,9-12,19-20H2,(H,31,36). The Morgan fingerprint density at radius 2 is 1.50 bits per heavy atom. The zero-order valence-corrected chi connectivity index (χ0v) is 22.4. The van der Waals surface area contributed by atoms with Crippen LogP contribution in [0.25, 0.3) is 11.0 Å². The Kier molecular flexibility index (Phi) is 8.05. The van der Waals surface area contributed by atoms with Gasteiger partial charge in [0.1, 0.15) is 12.4 Å². The lowest BCUT2D eigenvalue weighted by atomic mass is 9.88. The maximum Gasteiger partial charge on any atom is 0.251 e. The summed E-state index contributed by atoms with van der Waals surface area (Å²) in [5.74, 6) is 0.748. The second kappa shape index (κ2) is 11.6. The van der Waals surface area contributed by atoms with E-state index in [0.717, 1.165) is 41.2 Å². The van der Waals surface area contributed by atoms with Crippen LogP contribution in [0.5, 0.6) is 0 Å². The van der Waals surface area contributed by atoms with Gasteiger partial charge in [0.2, 0.25) is 5.91 Å². The van der Waals surface area contributed by atoms with E-state index in [0.29, 0.717) is 23.5 Å². The summed E-state index contributed by atoms with van der Waals surface area (Å²) in [6.45, 7) is 0.528. The van der Waals surface area contributed by atoms with E-state index in [1.54, 1.807) is 12.1 Å². The Morgan fingerprint density at radius 3 is 2.14 bits per heavy atom. The first-order chi connectivity index (χ1) is 17.6. The lowest BCUT2D eigenvalue weighted by Gasteiger charge is -2.42. The quantitative estimate of drug-likeness (QED) is 0.379. The molecule has 2 aliphatic carbocycles. The predicted molar refractivity (Wildman–Crippen MR) is 146 cm³/mol. The molecule has 0 spiro atoms. The Hall–Kier alpha value is -2.67. The van der Waals surface area contributed by atoms with E-state index in [1.165, 1.54) is 38.5 Å². The van der Waals surface area contributed by atoms with Crippen LogP contribution in [0.3, 0.4) is 0 Å². The molecule has 2 fully saturated rings. The van der Waals surface area contributed by atoms with E-state index in [-0.39, 0.29) is 24.9 Å². The minimum absolute atomic E-state index is 0.154. The summed E-state index contributed by atoms with van der Waals surface area (Å²) < 4.78 is 2.94. The van der Waals surface area contributed by atoms with Crippen molar-refractivity contribution in [2.24, 2.45) is 0 Å². The molecule has 190 valence electrons. The molecule has 1 N–H and O–H groups in total.